The highest BCUT2D eigenvalue weighted by Crippen LogP contribution is 2.41. The van der Waals surface area contributed by atoms with Gasteiger partial charge in [-0.2, -0.15) is 0 Å². The second-order valence-electron chi connectivity index (χ2n) is 17.0. The summed E-state index contributed by atoms with van der Waals surface area (Å²) in [5, 5.41) is 0. The van der Waals surface area contributed by atoms with Crippen LogP contribution in [-0.4, -0.2) is 26.4 Å². The molecule has 0 spiro atoms. The van der Waals surface area contributed by atoms with Crippen LogP contribution < -0.4 is 9.80 Å². The van der Waals surface area contributed by atoms with E-state index in [1.807, 2.05) is 0 Å². The van der Waals surface area contributed by atoms with Crippen molar-refractivity contribution in [3.8, 4) is 11.1 Å². The third kappa shape index (κ3) is 8.20. The highest BCUT2D eigenvalue weighted by atomic mass is 16.5. The molecule has 0 N–H and O–H groups in total. The molecule has 0 bridgehead atoms. The number of rotatable bonds is 15. The van der Waals surface area contributed by atoms with E-state index in [1.165, 1.54) is 33.4 Å². The summed E-state index contributed by atoms with van der Waals surface area (Å²) in [6.45, 7) is 3.19. The molecule has 4 nitrogen and oxygen atoms in total. The number of anilines is 6. The normalized spacial score (nSPS) is 14.9. The van der Waals surface area contributed by atoms with Gasteiger partial charge in [-0.25, -0.2) is 0 Å². The maximum Gasteiger partial charge on any atom is 0.0585 e. The summed E-state index contributed by atoms with van der Waals surface area (Å²) >= 11 is 0. The summed E-state index contributed by atoms with van der Waals surface area (Å²) in [6, 6.07) is 79.2. The standard InChI is InChI=1S/C58H52N2O2/c1-5-13-49(14-6-1)57(41-61-42-57)39-37-45-21-29-53(30-22-45)59(51-17-9-3-10-18-51)55-33-25-47(26-34-55)48-27-35-56(36-28-48)60(52-19-11-4-12-20-52)54-31-23-46(24-32-54)38-40-58(43-62-44-58)50-15-7-2-8-16-50/h1-36H,37-44H2. The lowest BCUT2D eigenvalue weighted by atomic mass is 9.74. The average molecular weight is 809 g/mol. The molecule has 62 heavy (non-hydrogen) atoms. The van der Waals surface area contributed by atoms with Crippen LogP contribution in [0.1, 0.15) is 35.1 Å². The van der Waals surface area contributed by atoms with Crippen molar-refractivity contribution in [2.24, 2.45) is 0 Å². The van der Waals surface area contributed by atoms with Crippen molar-refractivity contribution in [2.75, 3.05) is 36.2 Å². The SMILES string of the molecule is c1ccc(N(c2ccc(CCC3(c4ccccc4)COC3)cc2)c2ccc(-c3ccc(N(c4ccccc4)c4ccc(CCC5(c6ccccc6)COC5)cc4)cc3)cc2)cc1. The Kier molecular flexibility index (Phi) is 11.3. The van der Waals surface area contributed by atoms with E-state index in [1.54, 1.807) is 0 Å². The molecule has 2 heterocycles. The van der Waals surface area contributed by atoms with Crippen LogP contribution in [0.25, 0.3) is 11.1 Å². The second kappa shape index (κ2) is 17.7. The van der Waals surface area contributed by atoms with Gasteiger partial charge in [0.05, 0.1) is 26.4 Å². The van der Waals surface area contributed by atoms with Gasteiger partial charge in [0.1, 0.15) is 0 Å². The van der Waals surface area contributed by atoms with Crippen molar-refractivity contribution in [3.63, 3.8) is 0 Å². The molecule has 0 aliphatic carbocycles. The van der Waals surface area contributed by atoms with Crippen molar-refractivity contribution in [3.05, 3.63) is 241 Å². The van der Waals surface area contributed by atoms with Crippen LogP contribution in [0.4, 0.5) is 34.1 Å². The molecule has 2 aliphatic rings. The molecule has 0 radical (unpaired) electrons. The average Bonchev–Trinajstić information content (AvgIpc) is 3.31. The maximum atomic E-state index is 5.73. The van der Waals surface area contributed by atoms with E-state index in [0.717, 1.165) is 86.2 Å². The van der Waals surface area contributed by atoms with Gasteiger partial charge < -0.3 is 19.3 Å². The monoisotopic (exact) mass is 808 g/mol. The van der Waals surface area contributed by atoms with E-state index >= 15 is 0 Å². The van der Waals surface area contributed by atoms with Gasteiger partial charge in [0.15, 0.2) is 0 Å². The van der Waals surface area contributed by atoms with Crippen molar-refractivity contribution in [1.82, 2.24) is 0 Å². The molecule has 8 aromatic rings. The molecule has 10 rings (SSSR count). The number of ether oxygens (including phenoxy) is 2. The van der Waals surface area contributed by atoms with Gasteiger partial charge >= 0.3 is 0 Å². The van der Waals surface area contributed by atoms with Crippen LogP contribution in [0, 0.1) is 0 Å². The molecular weight excluding hydrogens is 757 g/mol. The fourth-order valence-corrected chi connectivity index (χ4v) is 9.24. The number of aryl methyl sites for hydroxylation is 2. The molecule has 4 heteroatoms. The molecule has 306 valence electrons. The van der Waals surface area contributed by atoms with Crippen molar-refractivity contribution in [2.45, 2.75) is 36.5 Å². The molecule has 0 saturated carbocycles. The minimum atomic E-state index is 0.116. The summed E-state index contributed by atoms with van der Waals surface area (Å²) < 4.78 is 11.5. The number of hydrogen-bond donors (Lipinski definition) is 0. The fraction of sp³-hybridized carbons (Fsp3) is 0.172. The summed E-state index contributed by atoms with van der Waals surface area (Å²) in [7, 11) is 0. The van der Waals surface area contributed by atoms with Gasteiger partial charge in [-0.15, -0.1) is 0 Å². The largest absolute Gasteiger partial charge is 0.379 e. The lowest BCUT2D eigenvalue weighted by molar-refractivity contribution is -0.0642. The zero-order chi connectivity index (χ0) is 41.6. The first-order chi connectivity index (χ1) is 30.6. The minimum Gasteiger partial charge on any atom is -0.379 e. The summed E-state index contributed by atoms with van der Waals surface area (Å²) in [6.07, 6.45) is 4.18. The third-order valence-corrected chi connectivity index (χ3v) is 13.1. The van der Waals surface area contributed by atoms with E-state index in [4.69, 9.17) is 9.47 Å². The molecule has 0 unspecified atom stereocenters. The highest BCUT2D eigenvalue weighted by molar-refractivity contribution is 5.80. The Bertz CT molecular complexity index is 2450. The van der Waals surface area contributed by atoms with Crippen molar-refractivity contribution >= 4 is 34.1 Å². The summed E-state index contributed by atoms with van der Waals surface area (Å²) in [5.41, 5.74) is 14.8. The molecule has 2 saturated heterocycles. The highest BCUT2D eigenvalue weighted by Gasteiger charge is 2.40. The van der Waals surface area contributed by atoms with E-state index < -0.39 is 0 Å². The lowest BCUT2D eigenvalue weighted by Crippen LogP contribution is -2.47. The van der Waals surface area contributed by atoms with E-state index in [0.29, 0.717) is 0 Å². The van der Waals surface area contributed by atoms with Crippen molar-refractivity contribution < 1.29 is 9.47 Å². The number of para-hydroxylation sites is 2. The Morgan fingerprint density at radius 3 is 0.871 bits per heavy atom. The maximum absolute atomic E-state index is 5.73. The third-order valence-electron chi connectivity index (χ3n) is 13.1. The summed E-state index contributed by atoms with van der Waals surface area (Å²) in [4.78, 5) is 4.68. The molecule has 0 aromatic heterocycles. The zero-order valence-corrected chi connectivity index (χ0v) is 35.2. The van der Waals surface area contributed by atoms with Crippen LogP contribution in [-0.2, 0) is 33.1 Å². The number of benzene rings is 8. The van der Waals surface area contributed by atoms with E-state index in [-0.39, 0.29) is 10.8 Å². The van der Waals surface area contributed by atoms with Gasteiger partial charge in [-0.1, -0.05) is 146 Å². The van der Waals surface area contributed by atoms with Crippen LogP contribution in [0.5, 0.6) is 0 Å². The topological polar surface area (TPSA) is 24.9 Å². The molecule has 8 aromatic carbocycles. The van der Waals surface area contributed by atoms with Gasteiger partial charge in [-0.05, 0) is 132 Å². The van der Waals surface area contributed by atoms with E-state index in [9.17, 15) is 0 Å². The predicted octanol–water partition coefficient (Wildman–Crippen LogP) is 14.1. The molecule has 2 fully saturated rings. The predicted molar refractivity (Wildman–Crippen MR) is 256 cm³/mol. The molecule has 0 atom stereocenters. The quantitative estimate of drug-likeness (QED) is 0.103. The van der Waals surface area contributed by atoms with Crippen molar-refractivity contribution in [1.29, 1.82) is 0 Å². The van der Waals surface area contributed by atoms with Gasteiger partial charge in [0.2, 0.25) is 0 Å². The van der Waals surface area contributed by atoms with Gasteiger partial charge in [-0.3, -0.25) is 0 Å². The Labute approximate surface area is 366 Å². The minimum absolute atomic E-state index is 0.116. The first-order valence-electron chi connectivity index (χ1n) is 22.0. The second-order valence-corrected chi connectivity index (χ2v) is 17.0. The fourth-order valence-electron chi connectivity index (χ4n) is 9.24. The lowest BCUT2D eigenvalue weighted by Gasteiger charge is -2.42. The van der Waals surface area contributed by atoms with Crippen LogP contribution >= 0.6 is 0 Å². The Balaban J connectivity index is 0.852. The number of hydrogen-bond acceptors (Lipinski definition) is 4. The van der Waals surface area contributed by atoms with Gasteiger partial charge in [0.25, 0.3) is 0 Å². The Hall–Kier alpha value is -6.72. The van der Waals surface area contributed by atoms with Crippen LogP contribution in [0.2, 0.25) is 0 Å². The summed E-state index contributed by atoms with van der Waals surface area (Å²) in [5.74, 6) is 0. The Morgan fingerprint density at radius 2 is 0.581 bits per heavy atom. The first-order valence-corrected chi connectivity index (χ1v) is 22.0. The molecule has 2 aliphatic heterocycles. The first kappa shape index (κ1) is 39.4. The Morgan fingerprint density at radius 1 is 0.306 bits per heavy atom. The molecule has 0 amide bonds. The zero-order valence-electron chi connectivity index (χ0n) is 35.2. The molecular formula is C58H52N2O2. The smallest absolute Gasteiger partial charge is 0.0585 e. The van der Waals surface area contributed by atoms with Crippen LogP contribution in [0.3, 0.4) is 0 Å². The van der Waals surface area contributed by atoms with E-state index in [2.05, 4.69) is 228 Å². The van der Waals surface area contributed by atoms with Gasteiger partial charge in [0, 0.05) is 45.0 Å². The number of nitrogens with zero attached hydrogens (tertiary/aromatic N) is 2. The van der Waals surface area contributed by atoms with Crippen LogP contribution in [0.15, 0.2) is 218 Å².